The number of hydrogen-bond donors (Lipinski definition) is 0. The van der Waals surface area contributed by atoms with Crippen LogP contribution in [0.25, 0.3) is 0 Å². The predicted octanol–water partition coefficient (Wildman–Crippen LogP) is 3.31. The van der Waals surface area contributed by atoms with Crippen LogP contribution in [0, 0.1) is 0 Å². The highest BCUT2D eigenvalue weighted by atomic mass is 16.5. The normalized spacial score (nSPS) is 13.3. The molecule has 0 fully saturated rings. The Bertz CT molecular complexity index is 605. The molecule has 4 nitrogen and oxygen atoms in total. The zero-order chi connectivity index (χ0) is 14.5. The SMILES string of the molecule is O=C(CCCOc1ccc2c(c1)OCCC2)n1cccc1. The lowest BCUT2D eigenvalue weighted by Crippen LogP contribution is -2.10. The van der Waals surface area contributed by atoms with Gasteiger partial charge in [-0.25, -0.2) is 0 Å². The fourth-order valence-electron chi connectivity index (χ4n) is 2.45. The number of fused-ring (bicyclic) bond motifs is 1. The van der Waals surface area contributed by atoms with E-state index in [4.69, 9.17) is 9.47 Å². The first kappa shape index (κ1) is 13.7. The van der Waals surface area contributed by atoms with Gasteiger partial charge in [-0.15, -0.1) is 0 Å². The summed E-state index contributed by atoms with van der Waals surface area (Å²) >= 11 is 0. The van der Waals surface area contributed by atoms with Crippen LogP contribution < -0.4 is 9.47 Å². The third-order valence-electron chi connectivity index (χ3n) is 3.58. The molecular formula is C17H19NO3. The number of hydrogen-bond acceptors (Lipinski definition) is 3. The Morgan fingerprint density at radius 2 is 2.14 bits per heavy atom. The third-order valence-corrected chi connectivity index (χ3v) is 3.58. The molecule has 3 rings (SSSR count). The van der Waals surface area contributed by atoms with Crippen molar-refractivity contribution in [2.75, 3.05) is 13.2 Å². The lowest BCUT2D eigenvalue weighted by molar-refractivity contribution is 0.0893. The summed E-state index contributed by atoms with van der Waals surface area (Å²) in [5.74, 6) is 1.84. The Kier molecular flexibility index (Phi) is 4.24. The Morgan fingerprint density at radius 1 is 1.29 bits per heavy atom. The van der Waals surface area contributed by atoms with Crippen molar-refractivity contribution in [1.82, 2.24) is 4.57 Å². The topological polar surface area (TPSA) is 40.5 Å². The van der Waals surface area contributed by atoms with Gasteiger partial charge in [0.2, 0.25) is 5.91 Å². The fourth-order valence-corrected chi connectivity index (χ4v) is 2.45. The van der Waals surface area contributed by atoms with Crippen molar-refractivity contribution in [1.29, 1.82) is 0 Å². The molecule has 0 saturated heterocycles. The molecule has 21 heavy (non-hydrogen) atoms. The van der Waals surface area contributed by atoms with Gasteiger partial charge in [0.25, 0.3) is 0 Å². The summed E-state index contributed by atoms with van der Waals surface area (Å²) in [5, 5.41) is 0. The summed E-state index contributed by atoms with van der Waals surface area (Å²) < 4.78 is 12.9. The second-order valence-electron chi connectivity index (χ2n) is 5.16. The van der Waals surface area contributed by atoms with Crippen LogP contribution in [-0.2, 0) is 6.42 Å². The molecule has 0 aliphatic carbocycles. The molecule has 2 aromatic rings. The molecule has 1 aliphatic rings. The molecule has 2 heterocycles. The Balaban J connectivity index is 1.46. The lowest BCUT2D eigenvalue weighted by atomic mass is 10.1. The van der Waals surface area contributed by atoms with Crippen molar-refractivity contribution in [3.8, 4) is 11.5 Å². The van der Waals surface area contributed by atoms with Gasteiger partial charge in [-0.3, -0.25) is 9.36 Å². The molecule has 0 atom stereocenters. The molecule has 110 valence electrons. The van der Waals surface area contributed by atoms with Crippen molar-refractivity contribution >= 4 is 5.91 Å². The summed E-state index contributed by atoms with van der Waals surface area (Å²) in [4.78, 5) is 11.8. The molecule has 0 bridgehead atoms. The molecule has 0 saturated carbocycles. The van der Waals surface area contributed by atoms with Crippen molar-refractivity contribution < 1.29 is 14.3 Å². The van der Waals surface area contributed by atoms with Crippen LogP contribution in [-0.4, -0.2) is 23.7 Å². The second kappa shape index (κ2) is 6.48. The molecule has 0 radical (unpaired) electrons. The van der Waals surface area contributed by atoms with Gasteiger partial charge in [0.15, 0.2) is 0 Å². The van der Waals surface area contributed by atoms with E-state index in [1.165, 1.54) is 5.56 Å². The number of benzene rings is 1. The number of ether oxygens (including phenoxy) is 2. The first-order valence-corrected chi connectivity index (χ1v) is 7.37. The third kappa shape index (κ3) is 3.45. The Hall–Kier alpha value is -2.23. The summed E-state index contributed by atoms with van der Waals surface area (Å²) in [6.07, 6.45) is 6.87. The number of carbonyl (C=O) groups excluding carboxylic acids is 1. The van der Waals surface area contributed by atoms with Crippen LogP contribution in [0.15, 0.2) is 42.7 Å². The number of aryl methyl sites for hydroxylation is 1. The molecule has 0 unspecified atom stereocenters. The van der Waals surface area contributed by atoms with Crippen molar-refractivity contribution in [2.45, 2.75) is 25.7 Å². The maximum absolute atomic E-state index is 11.8. The van der Waals surface area contributed by atoms with Gasteiger partial charge >= 0.3 is 0 Å². The average molecular weight is 285 g/mol. The molecule has 0 spiro atoms. The predicted molar refractivity (Wildman–Crippen MR) is 80.0 cm³/mol. The van der Waals surface area contributed by atoms with E-state index in [9.17, 15) is 4.79 Å². The van der Waals surface area contributed by atoms with E-state index in [2.05, 4.69) is 6.07 Å². The van der Waals surface area contributed by atoms with Crippen LogP contribution in [0.1, 0.15) is 29.6 Å². The largest absolute Gasteiger partial charge is 0.493 e. The monoisotopic (exact) mass is 285 g/mol. The summed E-state index contributed by atoms with van der Waals surface area (Å²) in [6, 6.07) is 9.68. The van der Waals surface area contributed by atoms with E-state index >= 15 is 0 Å². The standard InChI is InChI=1S/C17H19NO3/c19-17(18-9-1-2-10-18)6-4-11-20-15-8-7-14-5-3-12-21-16(14)13-15/h1-2,7-10,13H,3-6,11-12H2. The molecule has 0 amide bonds. The summed E-state index contributed by atoms with van der Waals surface area (Å²) in [6.45, 7) is 1.31. The van der Waals surface area contributed by atoms with E-state index in [0.717, 1.165) is 30.9 Å². The molecular weight excluding hydrogens is 266 g/mol. The molecule has 1 aromatic heterocycles. The fraction of sp³-hybridized carbons (Fsp3) is 0.353. The van der Waals surface area contributed by atoms with E-state index < -0.39 is 0 Å². The van der Waals surface area contributed by atoms with Gasteiger partial charge < -0.3 is 9.47 Å². The first-order chi connectivity index (χ1) is 10.3. The summed E-state index contributed by atoms with van der Waals surface area (Å²) in [7, 11) is 0. The molecule has 4 heteroatoms. The maximum Gasteiger partial charge on any atom is 0.230 e. The number of carbonyl (C=O) groups is 1. The molecule has 0 N–H and O–H groups in total. The van der Waals surface area contributed by atoms with Gasteiger partial charge in [-0.2, -0.15) is 0 Å². The maximum atomic E-state index is 11.8. The van der Waals surface area contributed by atoms with E-state index in [0.29, 0.717) is 19.4 Å². The zero-order valence-electron chi connectivity index (χ0n) is 12.0. The summed E-state index contributed by atoms with van der Waals surface area (Å²) in [5.41, 5.74) is 1.25. The minimum absolute atomic E-state index is 0.0948. The van der Waals surface area contributed by atoms with Crippen LogP contribution in [0.4, 0.5) is 0 Å². The van der Waals surface area contributed by atoms with E-state index in [1.54, 1.807) is 17.0 Å². The highest BCUT2D eigenvalue weighted by molar-refractivity contribution is 5.78. The van der Waals surface area contributed by atoms with E-state index in [-0.39, 0.29) is 5.91 Å². The van der Waals surface area contributed by atoms with Crippen molar-refractivity contribution in [3.63, 3.8) is 0 Å². The zero-order valence-corrected chi connectivity index (χ0v) is 12.0. The minimum Gasteiger partial charge on any atom is -0.493 e. The highest BCUT2D eigenvalue weighted by Crippen LogP contribution is 2.29. The number of rotatable bonds is 5. The molecule has 1 aliphatic heterocycles. The molecule has 1 aromatic carbocycles. The minimum atomic E-state index is 0.0948. The highest BCUT2D eigenvalue weighted by Gasteiger charge is 2.11. The van der Waals surface area contributed by atoms with Gasteiger partial charge in [-0.05, 0) is 43.0 Å². The Morgan fingerprint density at radius 3 is 3.00 bits per heavy atom. The second-order valence-corrected chi connectivity index (χ2v) is 5.16. The van der Waals surface area contributed by atoms with Gasteiger partial charge in [0, 0.05) is 24.9 Å². The van der Waals surface area contributed by atoms with Crippen LogP contribution in [0.3, 0.4) is 0 Å². The van der Waals surface area contributed by atoms with Gasteiger partial charge in [0.1, 0.15) is 11.5 Å². The van der Waals surface area contributed by atoms with Crippen molar-refractivity contribution in [2.24, 2.45) is 0 Å². The lowest BCUT2D eigenvalue weighted by Gasteiger charge is -2.18. The Labute approximate surface area is 124 Å². The average Bonchev–Trinajstić information content (AvgIpc) is 3.06. The van der Waals surface area contributed by atoms with Gasteiger partial charge in [-0.1, -0.05) is 6.07 Å². The van der Waals surface area contributed by atoms with Gasteiger partial charge in [0.05, 0.1) is 13.2 Å². The smallest absolute Gasteiger partial charge is 0.230 e. The quantitative estimate of drug-likeness (QED) is 0.791. The van der Waals surface area contributed by atoms with Crippen molar-refractivity contribution in [3.05, 3.63) is 48.3 Å². The number of nitrogens with zero attached hydrogens (tertiary/aromatic N) is 1. The van der Waals surface area contributed by atoms with Crippen LogP contribution in [0.2, 0.25) is 0 Å². The number of aromatic nitrogens is 1. The van der Waals surface area contributed by atoms with Crippen LogP contribution >= 0.6 is 0 Å². The van der Waals surface area contributed by atoms with Crippen LogP contribution in [0.5, 0.6) is 11.5 Å². The first-order valence-electron chi connectivity index (χ1n) is 7.37. The van der Waals surface area contributed by atoms with E-state index in [1.807, 2.05) is 24.3 Å².